The second kappa shape index (κ2) is 15.5. The molecule has 0 fully saturated rings. The van der Waals surface area contributed by atoms with Crippen molar-refractivity contribution < 1.29 is 52.5 Å². The van der Waals surface area contributed by atoms with Gasteiger partial charge in [0.1, 0.15) is 11.5 Å². The minimum absolute atomic E-state index is 0.00352. The summed E-state index contributed by atoms with van der Waals surface area (Å²) in [5, 5.41) is 0. The first-order chi connectivity index (χ1) is 24.1. The van der Waals surface area contributed by atoms with Gasteiger partial charge in [-0.1, -0.05) is 44.3 Å². The van der Waals surface area contributed by atoms with Crippen molar-refractivity contribution in [3.05, 3.63) is 144 Å². The van der Waals surface area contributed by atoms with Crippen molar-refractivity contribution >= 4 is 35.6 Å². The number of rotatable bonds is 13. The quantitative estimate of drug-likeness (QED) is 0.0510. The zero-order valence-corrected chi connectivity index (χ0v) is 26.8. The predicted molar refractivity (Wildman–Crippen MR) is 179 cm³/mol. The molecule has 1 atom stereocenters. The Morgan fingerprint density at radius 1 is 0.580 bits per heavy atom. The van der Waals surface area contributed by atoms with Crippen molar-refractivity contribution in [1.29, 1.82) is 0 Å². The Balaban J connectivity index is 1.18. The van der Waals surface area contributed by atoms with Gasteiger partial charge in [-0.2, -0.15) is 0 Å². The van der Waals surface area contributed by atoms with Crippen LogP contribution in [0.2, 0.25) is 0 Å². The number of hydrogen-bond donors (Lipinski definition) is 0. The molecule has 0 aromatic heterocycles. The van der Waals surface area contributed by atoms with E-state index in [4.69, 9.17) is 18.9 Å². The molecular weight excluding hydrogens is 644 g/mol. The van der Waals surface area contributed by atoms with Gasteiger partial charge >= 0.3 is 29.8 Å². The summed E-state index contributed by atoms with van der Waals surface area (Å²) in [4.78, 5) is 72.5. The monoisotopic (exact) mass is 674 g/mol. The highest BCUT2D eigenvalue weighted by molar-refractivity contribution is 5.98. The van der Waals surface area contributed by atoms with Gasteiger partial charge in [0, 0.05) is 30.1 Å². The maximum atomic E-state index is 12.9. The SMILES string of the molecule is C=CC(=O)OCCC(=O)c1ccc(C(=O)Oc2ccc3c(c2)C(C)c2cc(OC(=O)c4ccc(C(=O)OCOC(=O)C=C)cc4)ccc2-3)cc1. The summed E-state index contributed by atoms with van der Waals surface area (Å²) in [6.07, 6.45) is 1.96. The first-order valence-corrected chi connectivity index (χ1v) is 15.3. The first-order valence-electron chi connectivity index (χ1n) is 15.3. The van der Waals surface area contributed by atoms with Crippen LogP contribution >= 0.6 is 0 Å². The number of ether oxygens (including phenoxy) is 5. The number of benzene rings is 4. The van der Waals surface area contributed by atoms with E-state index < -0.39 is 36.6 Å². The van der Waals surface area contributed by atoms with Gasteiger partial charge < -0.3 is 23.7 Å². The fourth-order valence-corrected chi connectivity index (χ4v) is 5.18. The molecule has 0 saturated heterocycles. The van der Waals surface area contributed by atoms with E-state index in [9.17, 15) is 28.8 Å². The number of fused-ring (bicyclic) bond motifs is 3. The molecule has 5 rings (SSSR count). The Morgan fingerprint density at radius 2 is 1.02 bits per heavy atom. The van der Waals surface area contributed by atoms with E-state index in [1.807, 2.05) is 19.1 Å². The lowest BCUT2D eigenvalue weighted by Gasteiger charge is -2.10. The van der Waals surface area contributed by atoms with E-state index in [1.54, 1.807) is 24.3 Å². The third kappa shape index (κ3) is 8.08. The summed E-state index contributed by atoms with van der Waals surface area (Å²) < 4.78 is 25.6. The Morgan fingerprint density at radius 3 is 1.50 bits per heavy atom. The molecule has 11 heteroatoms. The Kier molecular flexibility index (Phi) is 10.8. The van der Waals surface area contributed by atoms with Crippen molar-refractivity contribution in [2.24, 2.45) is 0 Å². The fourth-order valence-electron chi connectivity index (χ4n) is 5.18. The summed E-state index contributed by atoms with van der Waals surface area (Å²) in [6, 6.07) is 22.3. The van der Waals surface area contributed by atoms with E-state index in [2.05, 4.69) is 17.9 Å². The summed E-state index contributed by atoms with van der Waals surface area (Å²) >= 11 is 0. The minimum atomic E-state index is -0.739. The molecule has 0 bridgehead atoms. The van der Waals surface area contributed by atoms with Crippen molar-refractivity contribution in [2.75, 3.05) is 13.4 Å². The van der Waals surface area contributed by atoms with Crippen LogP contribution in [0.5, 0.6) is 11.5 Å². The lowest BCUT2D eigenvalue weighted by Crippen LogP contribution is -2.12. The van der Waals surface area contributed by atoms with Crippen molar-refractivity contribution in [2.45, 2.75) is 19.3 Å². The van der Waals surface area contributed by atoms with Crippen LogP contribution in [0.4, 0.5) is 0 Å². The van der Waals surface area contributed by atoms with Gasteiger partial charge in [-0.05, 0) is 82.9 Å². The van der Waals surface area contributed by atoms with Crippen LogP contribution in [-0.4, -0.2) is 49.0 Å². The van der Waals surface area contributed by atoms with Gasteiger partial charge in [-0.25, -0.2) is 24.0 Å². The second-order valence-corrected chi connectivity index (χ2v) is 10.9. The zero-order chi connectivity index (χ0) is 35.8. The molecule has 11 nitrogen and oxygen atoms in total. The number of esters is 5. The van der Waals surface area contributed by atoms with Gasteiger partial charge in [0.2, 0.25) is 6.79 Å². The summed E-state index contributed by atoms with van der Waals surface area (Å²) in [5.41, 5.74) is 4.72. The minimum Gasteiger partial charge on any atom is -0.462 e. The van der Waals surface area contributed by atoms with E-state index in [-0.39, 0.29) is 41.4 Å². The Labute approximate surface area is 286 Å². The molecule has 0 heterocycles. The van der Waals surface area contributed by atoms with Crippen LogP contribution in [0.3, 0.4) is 0 Å². The molecule has 252 valence electrons. The molecule has 0 radical (unpaired) electrons. The molecule has 0 saturated carbocycles. The van der Waals surface area contributed by atoms with Gasteiger partial charge in [0.25, 0.3) is 0 Å². The van der Waals surface area contributed by atoms with Crippen LogP contribution in [-0.2, 0) is 23.8 Å². The Bertz CT molecular complexity index is 1860. The van der Waals surface area contributed by atoms with Crippen LogP contribution in [0.15, 0.2) is 110 Å². The molecule has 0 aliphatic heterocycles. The average molecular weight is 675 g/mol. The van der Waals surface area contributed by atoms with E-state index in [1.165, 1.54) is 48.5 Å². The maximum Gasteiger partial charge on any atom is 0.343 e. The first kappa shape index (κ1) is 34.7. The molecule has 1 aliphatic rings. The average Bonchev–Trinajstić information content (AvgIpc) is 3.41. The van der Waals surface area contributed by atoms with Crippen LogP contribution in [0.1, 0.15) is 71.8 Å². The standard InChI is InChI=1S/C39H30O11/c1-4-35(41)46-19-18-34(40)24-6-8-26(9-7-24)38(44)49-28-14-16-30-31-17-15-29(21-33(31)23(3)32(30)20-28)50-39(45)27-12-10-25(11-13-27)37(43)48-22-47-36(42)5-2/h4-17,20-21,23H,1-2,18-19,22H2,3H3. The molecule has 0 spiro atoms. The highest BCUT2D eigenvalue weighted by atomic mass is 16.7. The van der Waals surface area contributed by atoms with Gasteiger partial charge in [-0.3, -0.25) is 4.79 Å². The number of carbonyl (C=O) groups excluding carboxylic acids is 6. The second-order valence-electron chi connectivity index (χ2n) is 10.9. The van der Waals surface area contributed by atoms with Crippen molar-refractivity contribution in [1.82, 2.24) is 0 Å². The van der Waals surface area contributed by atoms with Crippen LogP contribution < -0.4 is 9.47 Å². The maximum absolute atomic E-state index is 12.9. The van der Waals surface area contributed by atoms with E-state index in [0.29, 0.717) is 17.1 Å². The summed E-state index contributed by atoms with van der Waals surface area (Å²) in [7, 11) is 0. The van der Waals surface area contributed by atoms with Gasteiger partial charge in [-0.15, -0.1) is 0 Å². The molecule has 0 amide bonds. The lowest BCUT2D eigenvalue weighted by atomic mass is 9.99. The number of carbonyl (C=O) groups is 6. The fraction of sp³-hybridized carbons (Fsp3) is 0.128. The van der Waals surface area contributed by atoms with Crippen molar-refractivity contribution in [3.8, 4) is 22.6 Å². The van der Waals surface area contributed by atoms with Gasteiger partial charge in [0.15, 0.2) is 5.78 Å². The molecule has 0 N–H and O–H groups in total. The van der Waals surface area contributed by atoms with Crippen molar-refractivity contribution in [3.63, 3.8) is 0 Å². The topological polar surface area (TPSA) is 149 Å². The molecule has 50 heavy (non-hydrogen) atoms. The third-order valence-corrected chi connectivity index (χ3v) is 7.79. The highest BCUT2D eigenvalue weighted by Gasteiger charge is 2.27. The van der Waals surface area contributed by atoms with Crippen LogP contribution in [0, 0.1) is 0 Å². The molecule has 1 aliphatic carbocycles. The smallest absolute Gasteiger partial charge is 0.343 e. The molecule has 1 unspecified atom stereocenters. The summed E-state index contributed by atoms with van der Waals surface area (Å²) in [5.74, 6) is -2.99. The molecule has 4 aromatic rings. The highest BCUT2D eigenvalue weighted by Crippen LogP contribution is 2.47. The molecule has 4 aromatic carbocycles. The zero-order valence-electron chi connectivity index (χ0n) is 26.8. The third-order valence-electron chi connectivity index (χ3n) is 7.79. The number of ketones is 1. The number of Topliss-reactive ketones (excluding diaryl/α,β-unsaturated/α-hetero) is 1. The van der Waals surface area contributed by atoms with E-state index in [0.717, 1.165) is 34.4 Å². The lowest BCUT2D eigenvalue weighted by molar-refractivity contribution is -0.146. The number of hydrogen-bond acceptors (Lipinski definition) is 11. The molecular formula is C39H30O11. The van der Waals surface area contributed by atoms with E-state index >= 15 is 0 Å². The van der Waals surface area contributed by atoms with Crippen LogP contribution in [0.25, 0.3) is 11.1 Å². The van der Waals surface area contributed by atoms with Gasteiger partial charge in [0.05, 0.1) is 23.3 Å². The Hall–Kier alpha value is -6.62. The predicted octanol–water partition coefficient (Wildman–Crippen LogP) is 6.40. The summed E-state index contributed by atoms with van der Waals surface area (Å²) in [6.45, 7) is 7.90. The largest absolute Gasteiger partial charge is 0.462 e. The normalized spacial score (nSPS) is 12.4.